The highest BCUT2D eigenvalue weighted by Gasteiger charge is 2.28. The number of hydrogen-bond acceptors (Lipinski definition) is 3. The number of rotatable bonds is 5. The Labute approximate surface area is 172 Å². The molecule has 0 aliphatic carbocycles. The summed E-state index contributed by atoms with van der Waals surface area (Å²) < 4.78 is 1.79. The van der Waals surface area contributed by atoms with Crippen LogP contribution in [0.5, 0.6) is 0 Å². The van der Waals surface area contributed by atoms with Gasteiger partial charge in [-0.1, -0.05) is 49.4 Å². The maximum Gasteiger partial charge on any atom is 0.255 e. The third-order valence-corrected chi connectivity index (χ3v) is 5.87. The zero-order chi connectivity index (χ0) is 20.3. The molecule has 1 amide bonds. The minimum absolute atomic E-state index is 0.0646. The third kappa shape index (κ3) is 4.25. The molecular formula is C24H28N4O. The van der Waals surface area contributed by atoms with Gasteiger partial charge in [0.1, 0.15) is 5.69 Å². The van der Waals surface area contributed by atoms with Gasteiger partial charge < -0.3 is 10.6 Å². The number of hydrogen-bond donors (Lipinski definition) is 2. The van der Waals surface area contributed by atoms with E-state index in [9.17, 15) is 4.79 Å². The first-order chi connectivity index (χ1) is 14.1. The van der Waals surface area contributed by atoms with Gasteiger partial charge in [0.05, 0.1) is 11.3 Å². The molecule has 0 spiro atoms. The highest BCUT2D eigenvalue weighted by molar-refractivity contribution is 6.00. The highest BCUT2D eigenvalue weighted by Crippen LogP contribution is 2.29. The van der Waals surface area contributed by atoms with Crippen LogP contribution in [0.2, 0.25) is 0 Å². The fourth-order valence-corrected chi connectivity index (χ4v) is 3.89. The molecule has 1 aliphatic rings. The Kier molecular flexibility index (Phi) is 5.49. The largest absolute Gasteiger partial charge is 0.351 e. The molecule has 0 unspecified atom stereocenters. The zero-order valence-electron chi connectivity index (χ0n) is 17.1. The number of aromatic nitrogens is 2. The molecule has 2 N–H and O–H groups in total. The monoisotopic (exact) mass is 388 g/mol. The molecule has 3 aromatic rings. The molecule has 29 heavy (non-hydrogen) atoms. The average molecular weight is 389 g/mol. The predicted octanol–water partition coefficient (Wildman–Crippen LogP) is 3.97. The van der Waals surface area contributed by atoms with E-state index in [1.165, 1.54) is 0 Å². The van der Waals surface area contributed by atoms with Gasteiger partial charge in [-0.15, -0.1) is 0 Å². The summed E-state index contributed by atoms with van der Waals surface area (Å²) in [6.07, 6.45) is 3.99. The summed E-state index contributed by atoms with van der Waals surface area (Å²) in [5, 5.41) is 11.4. The first kappa shape index (κ1) is 19.4. The van der Waals surface area contributed by atoms with Crippen LogP contribution in [-0.4, -0.2) is 35.3 Å². The van der Waals surface area contributed by atoms with Gasteiger partial charge in [0.15, 0.2) is 0 Å². The van der Waals surface area contributed by atoms with E-state index >= 15 is 0 Å². The van der Waals surface area contributed by atoms with Crippen molar-refractivity contribution < 1.29 is 4.79 Å². The van der Waals surface area contributed by atoms with E-state index in [4.69, 9.17) is 5.10 Å². The van der Waals surface area contributed by atoms with Gasteiger partial charge in [-0.3, -0.25) is 4.79 Å². The molecule has 0 saturated carbocycles. The van der Waals surface area contributed by atoms with Crippen LogP contribution in [0.25, 0.3) is 16.9 Å². The summed E-state index contributed by atoms with van der Waals surface area (Å²) in [6, 6.07) is 18.0. The number of carbonyl (C=O) groups excluding carboxylic acids is 1. The Balaban J connectivity index is 1.66. The topological polar surface area (TPSA) is 59.0 Å². The molecule has 4 rings (SSSR count). The third-order valence-electron chi connectivity index (χ3n) is 5.87. The van der Waals surface area contributed by atoms with Gasteiger partial charge in [0.2, 0.25) is 0 Å². The van der Waals surface area contributed by atoms with Crippen LogP contribution in [0.4, 0.5) is 0 Å². The molecule has 1 saturated heterocycles. The molecule has 0 atom stereocenters. The van der Waals surface area contributed by atoms with Crippen molar-refractivity contribution in [1.82, 2.24) is 20.4 Å². The zero-order valence-corrected chi connectivity index (χ0v) is 17.1. The molecule has 1 aromatic heterocycles. The first-order valence-corrected chi connectivity index (χ1v) is 10.3. The van der Waals surface area contributed by atoms with Crippen LogP contribution in [0, 0.1) is 12.3 Å². The lowest BCUT2D eigenvalue weighted by atomic mass is 9.81. The van der Waals surface area contributed by atoms with Crippen molar-refractivity contribution >= 4 is 5.91 Å². The highest BCUT2D eigenvalue weighted by atomic mass is 16.1. The molecule has 0 radical (unpaired) electrons. The number of nitrogens with zero attached hydrogens (tertiary/aromatic N) is 2. The van der Waals surface area contributed by atoms with Crippen LogP contribution in [-0.2, 0) is 0 Å². The van der Waals surface area contributed by atoms with Gasteiger partial charge in [-0.2, -0.15) is 5.10 Å². The van der Waals surface area contributed by atoms with E-state index in [1.54, 1.807) is 4.68 Å². The molecule has 150 valence electrons. The predicted molar refractivity (Wildman–Crippen MR) is 116 cm³/mol. The Morgan fingerprint density at radius 3 is 2.52 bits per heavy atom. The molecule has 1 fully saturated rings. The van der Waals surface area contributed by atoms with E-state index in [0.717, 1.165) is 48.4 Å². The Morgan fingerprint density at radius 1 is 1.10 bits per heavy atom. The van der Waals surface area contributed by atoms with E-state index in [1.807, 2.05) is 54.7 Å². The summed E-state index contributed by atoms with van der Waals surface area (Å²) >= 11 is 0. The van der Waals surface area contributed by atoms with Crippen LogP contribution >= 0.6 is 0 Å². The Bertz CT molecular complexity index is 987. The summed E-state index contributed by atoms with van der Waals surface area (Å²) in [5.74, 6) is -0.0646. The first-order valence-electron chi connectivity index (χ1n) is 10.3. The number of para-hydroxylation sites is 1. The molecule has 1 aliphatic heterocycles. The fourth-order valence-electron chi connectivity index (χ4n) is 3.89. The molecule has 0 bridgehead atoms. The number of piperidine rings is 1. The SMILES string of the molecule is Cc1ccccc1-c1nn(-c2ccccc2)cc1C(=O)NCC1(C)CCNCC1. The molecule has 2 heterocycles. The van der Waals surface area contributed by atoms with E-state index in [0.29, 0.717) is 12.1 Å². The van der Waals surface area contributed by atoms with Crippen molar-refractivity contribution in [3.63, 3.8) is 0 Å². The summed E-state index contributed by atoms with van der Waals surface area (Å²) in [5.41, 5.74) is 4.50. The number of amides is 1. The number of carbonyl (C=O) groups is 1. The van der Waals surface area contributed by atoms with Gasteiger partial charge in [-0.05, 0) is 56.0 Å². The summed E-state index contributed by atoms with van der Waals surface area (Å²) in [6.45, 7) is 7.00. The standard InChI is InChI=1S/C24H28N4O/c1-18-8-6-7-11-20(18)22-21(16-28(27-22)19-9-4-3-5-10-19)23(29)26-17-24(2)12-14-25-15-13-24/h3-11,16,25H,12-15,17H2,1-2H3,(H,26,29). The lowest BCUT2D eigenvalue weighted by Gasteiger charge is -2.34. The van der Waals surface area contributed by atoms with Crippen molar-refractivity contribution in [2.75, 3.05) is 19.6 Å². The Morgan fingerprint density at radius 2 is 1.79 bits per heavy atom. The second-order valence-electron chi connectivity index (χ2n) is 8.23. The van der Waals surface area contributed by atoms with E-state index in [2.05, 4.69) is 30.5 Å². The van der Waals surface area contributed by atoms with Gasteiger partial charge in [0.25, 0.3) is 5.91 Å². The minimum atomic E-state index is -0.0646. The average Bonchev–Trinajstić information content (AvgIpc) is 3.19. The maximum atomic E-state index is 13.2. The van der Waals surface area contributed by atoms with E-state index < -0.39 is 0 Å². The molecule has 2 aromatic carbocycles. The fraction of sp³-hybridized carbons (Fsp3) is 0.333. The number of nitrogens with one attached hydrogen (secondary N) is 2. The maximum absolute atomic E-state index is 13.2. The number of aryl methyl sites for hydroxylation is 1. The van der Waals surface area contributed by atoms with E-state index in [-0.39, 0.29) is 11.3 Å². The quantitative estimate of drug-likeness (QED) is 0.695. The van der Waals surface area contributed by atoms with Gasteiger partial charge in [0, 0.05) is 18.3 Å². The smallest absolute Gasteiger partial charge is 0.255 e. The van der Waals surface area contributed by atoms with Crippen LogP contribution in [0.1, 0.15) is 35.7 Å². The van der Waals surface area contributed by atoms with Crippen molar-refractivity contribution in [3.05, 3.63) is 71.9 Å². The van der Waals surface area contributed by atoms with Crippen LogP contribution in [0.15, 0.2) is 60.8 Å². The second-order valence-corrected chi connectivity index (χ2v) is 8.23. The molecular weight excluding hydrogens is 360 g/mol. The van der Waals surface area contributed by atoms with Crippen LogP contribution in [0.3, 0.4) is 0 Å². The lowest BCUT2D eigenvalue weighted by molar-refractivity contribution is 0.0923. The summed E-state index contributed by atoms with van der Waals surface area (Å²) in [7, 11) is 0. The summed E-state index contributed by atoms with van der Waals surface area (Å²) in [4.78, 5) is 13.2. The van der Waals surface area contributed by atoms with Crippen molar-refractivity contribution in [2.24, 2.45) is 5.41 Å². The van der Waals surface area contributed by atoms with Gasteiger partial charge >= 0.3 is 0 Å². The van der Waals surface area contributed by atoms with Crippen molar-refractivity contribution in [2.45, 2.75) is 26.7 Å². The van der Waals surface area contributed by atoms with Crippen molar-refractivity contribution in [1.29, 1.82) is 0 Å². The second kappa shape index (κ2) is 8.21. The minimum Gasteiger partial charge on any atom is -0.351 e. The lowest BCUT2D eigenvalue weighted by Crippen LogP contribution is -2.42. The molecule has 5 heteroatoms. The Hall–Kier alpha value is -2.92. The van der Waals surface area contributed by atoms with Gasteiger partial charge in [-0.25, -0.2) is 4.68 Å². The normalized spacial score (nSPS) is 15.8. The van der Waals surface area contributed by atoms with Crippen LogP contribution < -0.4 is 10.6 Å². The number of benzene rings is 2. The van der Waals surface area contributed by atoms with Crippen molar-refractivity contribution in [3.8, 4) is 16.9 Å². The molecule has 5 nitrogen and oxygen atoms in total.